The molecule has 8 heteroatoms. The van der Waals surface area contributed by atoms with E-state index in [4.69, 9.17) is 22.8 Å². The number of ether oxygens (including phenoxy) is 2. The molecular weight excluding hydrogens is 296 g/mol. The van der Waals surface area contributed by atoms with Gasteiger partial charge in [-0.05, 0) is 6.92 Å². The molecule has 0 saturated carbocycles. The lowest BCUT2D eigenvalue weighted by Crippen LogP contribution is -2.48. The summed E-state index contributed by atoms with van der Waals surface area (Å²) in [4.78, 5) is 22.9. The second-order valence-corrected chi connectivity index (χ2v) is 6.99. The van der Waals surface area contributed by atoms with Gasteiger partial charge < -0.3 is 22.8 Å². The van der Waals surface area contributed by atoms with Gasteiger partial charge in [0.05, 0.1) is 13.2 Å². The van der Waals surface area contributed by atoms with Crippen molar-refractivity contribution >= 4 is 20.7 Å². The predicted molar refractivity (Wildman–Crippen MR) is 77.3 cm³/mol. The summed E-state index contributed by atoms with van der Waals surface area (Å²) < 4.78 is 25.2. The van der Waals surface area contributed by atoms with Crippen LogP contribution in [0.1, 0.15) is 13.3 Å². The maximum atomic E-state index is 11.8. The summed E-state index contributed by atoms with van der Waals surface area (Å²) in [6.07, 6.45) is 0.361. The molecule has 0 N–H and O–H groups in total. The Labute approximate surface area is 125 Å². The third kappa shape index (κ3) is 5.80. The summed E-state index contributed by atoms with van der Waals surface area (Å²) in [7, 11) is 0.858. The van der Waals surface area contributed by atoms with E-state index in [0.717, 1.165) is 0 Å². The van der Waals surface area contributed by atoms with Gasteiger partial charge in [0, 0.05) is 33.3 Å². The van der Waals surface area contributed by atoms with Crippen LogP contribution < -0.4 is 0 Å². The zero-order valence-corrected chi connectivity index (χ0v) is 13.9. The lowest BCUT2D eigenvalue weighted by molar-refractivity contribution is -0.141. The molecule has 0 amide bonds. The number of rotatable bonds is 10. The average molecular weight is 318 g/mol. The van der Waals surface area contributed by atoms with Gasteiger partial charge in [0.1, 0.15) is 5.20 Å². The molecule has 0 unspecified atom stereocenters. The van der Waals surface area contributed by atoms with Gasteiger partial charge in [0.25, 0.3) is 0 Å². The summed E-state index contributed by atoms with van der Waals surface area (Å²) in [6.45, 7) is 8.81. The average Bonchev–Trinajstić information content (AvgIpc) is 2.48. The van der Waals surface area contributed by atoms with Crippen molar-refractivity contribution in [3.05, 3.63) is 23.9 Å². The first-order valence-corrected chi connectivity index (χ1v) is 7.91. The monoisotopic (exact) mass is 318 g/mol. The van der Waals surface area contributed by atoms with Crippen molar-refractivity contribution in [2.24, 2.45) is 0 Å². The Morgan fingerprint density at radius 2 is 1.33 bits per heavy atom. The second-order valence-electron chi connectivity index (χ2n) is 4.05. The lowest BCUT2D eigenvalue weighted by atomic mass is 10.4. The molecule has 0 aromatic carbocycles. The van der Waals surface area contributed by atoms with Crippen LogP contribution in [0.4, 0.5) is 0 Å². The molecule has 0 spiro atoms. The molecule has 0 radical (unpaired) electrons. The summed E-state index contributed by atoms with van der Waals surface area (Å²) in [5, 5.41) is 0.00827. The molecule has 0 aliphatic rings. The fraction of sp³-hybridized carbons (Fsp3) is 0.538. The minimum Gasteiger partial charge on any atom is -0.462 e. The Bertz CT molecular complexity index is 393. The number of carbonyl (C=O) groups is 2. The maximum absolute atomic E-state index is 11.8. The van der Waals surface area contributed by atoms with Gasteiger partial charge in [-0.15, -0.1) is 0 Å². The van der Waals surface area contributed by atoms with Crippen LogP contribution in [0, 0.1) is 0 Å². The molecule has 120 valence electrons. The van der Waals surface area contributed by atoms with Crippen molar-refractivity contribution in [2.75, 3.05) is 34.5 Å². The fourth-order valence-corrected chi connectivity index (χ4v) is 2.90. The molecule has 0 heterocycles. The van der Waals surface area contributed by atoms with E-state index in [9.17, 15) is 9.59 Å². The number of hydrogen-bond donors (Lipinski definition) is 0. The normalized spacial score (nSPS) is 10.9. The molecule has 0 saturated heterocycles. The summed E-state index contributed by atoms with van der Waals surface area (Å²) >= 11 is 0. The number of hydrogen-bond acceptors (Lipinski definition) is 7. The smallest absolute Gasteiger partial charge is 0.462 e. The molecule has 0 aromatic rings. The minimum atomic E-state index is -3.25. The summed E-state index contributed by atoms with van der Waals surface area (Å²) in [5.41, 5.74) is 0.316. The standard InChI is InChI=1S/C13H22O7Si/c1-10(2)12(14)19-8-7-9-20-13(15)11(3)21(16-4,17-5)18-6/h1,3,7-9H2,2,4-6H3. The third-order valence-electron chi connectivity index (χ3n) is 2.53. The molecule has 0 fully saturated rings. The molecule has 21 heavy (non-hydrogen) atoms. The van der Waals surface area contributed by atoms with Crippen molar-refractivity contribution in [1.82, 2.24) is 0 Å². The summed E-state index contributed by atoms with van der Waals surface area (Å²) in [5.74, 6) is -1.14. The zero-order chi connectivity index (χ0) is 16.5. The molecule has 0 aliphatic heterocycles. The van der Waals surface area contributed by atoms with Crippen LogP contribution in [-0.4, -0.2) is 55.3 Å². The number of esters is 2. The van der Waals surface area contributed by atoms with Crippen LogP contribution in [0.3, 0.4) is 0 Å². The quantitative estimate of drug-likeness (QED) is 0.257. The topological polar surface area (TPSA) is 80.3 Å². The van der Waals surface area contributed by atoms with E-state index in [1.54, 1.807) is 6.92 Å². The van der Waals surface area contributed by atoms with Crippen LogP contribution in [0.2, 0.25) is 0 Å². The van der Waals surface area contributed by atoms with Gasteiger partial charge in [-0.25, -0.2) is 9.59 Å². The van der Waals surface area contributed by atoms with Gasteiger partial charge in [-0.2, -0.15) is 0 Å². The van der Waals surface area contributed by atoms with Crippen LogP contribution in [0.25, 0.3) is 0 Å². The summed E-state index contributed by atoms with van der Waals surface area (Å²) in [6, 6.07) is 0. The SMILES string of the molecule is C=C(C)C(=O)OCCCOC(=O)C(=C)[Si](OC)(OC)OC. The van der Waals surface area contributed by atoms with Crippen molar-refractivity contribution in [1.29, 1.82) is 0 Å². The molecule has 0 atom stereocenters. The zero-order valence-electron chi connectivity index (χ0n) is 12.9. The van der Waals surface area contributed by atoms with E-state index in [-0.39, 0.29) is 18.4 Å². The van der Waals surface area contributed by atoms with Crippen molar-refractivity contribution in [2.45, 2.75) is 13.3 Å². The minimum absolute atomic E-state index is 0.00827. The highest BCUT2D eigenvalue weighted by Crippen LogP contribution is 2.17. The Hall–Kier alpha value is -1.48. The van der Waals surface area contributed by atoms with Gasteiger partial charge in [0.2, 0.25) is 0 Å². The van der Waals surface area contributed by atoms with Crippen molar-refractivity contribution in [3.63, 3.8) is 0 Å². The highest BCUT2D eigenvalue weighted by Gasteiger charge is 2.46. The molecule has 0 aliphatic carbocycles. The van der Waals surface area contributed by atoms with Crippen LogP contribution in [-0.2, 0) is 32.3 Å². The maximum Gasteiger partial charge on any atom is 0.543 e. The van der Waals surface area contributed by atoms with Crippen LogP contribution in [0.15, 0.2) is 23.9 Å². The number of carbonyl (C=O) groups excluding carboxylic acids is 2. The van der Waals surface area contributed by atoms with E-state index in [0.29, 0.717) is 12.0 Å². The van der Waals surface area contributed by atoms with Gasteiger partial charge in [0.15, 0.2) is 0 Å². The lowest BCUT2D eigenvalue weighted by Gasteiger charge is -2.24. The Balaban J connectivity index is 4.18. The molecule has 0 aromatic heterocycles. The van der Waals surface area contributed by atoms with Crippen molar-refractivity contribution < 1.29 is 32.3 Å². The molecule has 7 nitrogen and oxygen atoms in total. The van der Waals surface area contributed by atoms with E-state index < -0.39 is 20.7 Å². The Morgan fingerprint density at radius 1 is 0.905 bits per heavy atom. The third-order valence-corrected chi connectivity index (χ3v) is 5.08. The second kappa shape index (κ2) is 9.45. The first-order chi connectivity index (χ1) is 9.84. The van der Waals surface area contributed by atoms with Crippen molar-refractivity contribution in [3.8, 4) is 0 Å². The highest BCUT2D eigenvalue weighted by molar-refractivity contribution is 6.73. The van der Waals surface area contributed by atoms with E-state index >= 15 is 0 Å². The Morgan fingerprint density at radius 3 is 1.71 bits per heavy atom. The first kappa shape index (κ1) is 19.5. The van der Waals surface area contributed by atoms with Crippen LogP contribution in [0.5, 0.6) is 0 Å². The largest absolute Gasteiger partial charge is 0.543 e. The molecule has 0 rings (SSSR count). The van der Waals surface area contributed by atoms with E-state index in [2.05, 4.69) is 13.2 Å². The van der Waals surface area contributed by atoms with Gasteiger partial charge >= 0.3 is 20.7 Å². The molecular formula is C13H22O7Si. The molecule has 0 bridgehead atoms. The van der Waals surface area contributed by atoms with Gasteiger partial charge in [-0.1, -0.05) is 13.2 Å². The van der Waals surface area contributed by atoms with Gasteiger partial charge in [-0.3, -0.25) is 0 Å². The van der Waals surface area contributed by atoms with E-state index in [1.807, 2.05) is 0 Å². The first-order valence-electron chi connectivity index (χ1n) is 6.19. The fourth-order valence-electron chi connectivity index (χ4n) is 1.34. The van der Waals surface area contributed by atoms with Crippen LogP contribution >= 0.6 is 0 Å². The highest BCUT2D eigenvalue weighted by atomic mass is 28.4. The predicted octanol–water partition coefficient (Wildman–Crippen LogP) is 1.01. The Kier molecular flexibility index (Phi) is 8.79. The van der Waals surface area contributed by atoms with E-state index in [1.165, 1.54) is 21.3 Å².